The van der Waals surface area contributed by atoms with Crippen molar-refractivity contribution in [2.75, 3.05) is 11.4 Å². The van der Waals surface area contributed by atoms with Crippen LogP contribution in [0.4, 0.5) is 10.1 Å². The molecule has 1 fully saturated rings. The van der Waals surface area contributed by atoms with Gasteiger partial charge in [0.1, 0.15) is 17.7 Å². The van der Waals surface area contributed by atoms with Crippen LogP contribution in [-0.4, -0.2) is 27.9 Å². The summed E-state index contributed by atoms with van der Waals surface area (Å²) in [6.07, 6.45) is 4.64. The number of imidazole rings is 1. The van der Waals surface area contributed by atoms with Crippen molar-refractivity contribution in [1.29, 1.82) is 0 Å². The molecule has 8 heteroatoms. The molecule has 1 saturated heterocycles. The van der Waals surface area contributed by atoms with Gasteiger partial charge in [0.2, 0.25) is 5.91 Å². The highest BCUT2D eigenvalue weighted by atomic mass is 35.5. The van der Waals surface area contributed by atoms with Crippen LogP contribution in [0.1, 0.15) is 40.6 Å². The molecule has 3 aromatic rings. The number of rotatable bonds is 5. The lowest BCUT2D eigenvalue weighted by Crippen LogP contribution is -2.31. The molecule has 2 heterocycles. The van der Waals surface area contributed by atoms with Gasteiger partial charge in [-0.25, -0.2) is 9.37 Å². The van der Waals surface area contributed by atoms with Crippen LogP contribution in [0.2, 0.25) is 5.02 Å². The Labute approximate surface area is 178 Å². The van der Waals surface area contributed by atoms with Crippen molar-refractivity contribution in [2.24, 2.45) is 7.05 Å². The maximum absolute atomic E-state index is 13.4. The van der Waals surface area contributed by atoms with Crippen molar-refractivity contribution in [2.45, 2.75) is 18.9 Å². The number of nitrogens with one attached hydrogen (secondary N) is 1. The molecule has 1 N–H and O–H groups in total. The van der Waals surface area contributed by atoms with E-state index in [0.29, 0.717) is 40.6 Å². The summed E-state index contributed by atoms with van der Waals surface area (Å²) in [6.45, 7) is 0.578. The Morgan fingerprint density at radius 1 is 1.23 bits per heavy atom. The number of hydrogen-bond donors (Lipinski definition) is 1. The van der Waals surface area contributed by atoms with Gasteiger partial charge in [0.15, 0.2) is 0 Å². The number of halogens is 2. The Balaban J connectivity index is 1.65. The third-order valence-corrected chi connectivity index (χ3v) is 5.49. The molecule has 4 rings (SSSR count). The van der Waals surface area contributed by atoms with Crippen LogP contribution in [0.5, 0.6) is 0 Å². The summed E-state index contributed by atoms with van der Waals surface area (Å²) in [5, 5.41) is 3.39. The van der Waals surface area contributed by atoms with E-state index in [0.717, 1.165) is 6.42 Å². The van der Waals surface area contributed by atoms with Gasteiger partial charge in [-0.3, -0.25) is 9.59 Å². The smallest absolute Gasteiger partial charge is 0.252 e. The minimum Gasteiger partial charge on any atom is -0.338 e. The standard InChI is InChI=1S/C22H20ClFN4O2/c1-27-12-10-25-21(27)20(14-4-7-16(24)8-5-14)26-22(30)15-6-9-17(23)18(13-15)28-11-2-3-19(28)29/h4-10,12-13,20H,2-3,11H2,1H3,(H,26,30). The van der Waals surface area contributed by atoms with Crippen molar-refractivity contribution < 1.29 is 14.0 Å². The monoisotopic (exact) mass is 426 g/mol. The quantitative estimate of drug-likeness (QED) is 0.673. The van der Waals surface area contributed by atoms with E-state index in [1.165, 1.54) is 12.1 Å². The lowest BCUT2D eigenvalue weighted by Gasteiger charge is -2.21. The van der Waals surface area contributed by atoms with Crippen LogP contribution in [0.3, 0.4) is 0 Å². The van der Waals surface area contributed by atoms with E-state index in [1.54, 1.807) is 52.2 Å². The van der Waals surface area contributed by atoms with E-state index in [-0.39, 0.29) is 17.6 Å². The van der Waals surface area contributed by atoms with E-state index < -0.39 is 6.04 Å². The number of carbonyl (C=O) groups is 2. The average Bonchev–Trinajstić information content (AvgIpc) is 3.35. The van der Waals surface area contributed by atoms with Crippen LogP contribution >= 0.6 is 11.6 Å². The summed E-state index contributed by atoms with van der Waals surface area (Å²) in [5.74, 6) is -0.108. The SMILES string of the molecule is Cn1ccnc1C(NC(=O)c1ccc(Cl)c(N2CCCC2=O)c1)c1ccc(F)cc1. The predicted molar refractivity (Wildman–Crippen MR) is 112 cm³/mol. The highest BCUT2D eigenvalue weighted by Crippen LogP contribution is 2.31. The first-order valence-electron chi connectivity index (χ1n) is 9.57. The molecular formula is C22H20ClFN4O2. The average molecular weight is 427 g/mol. The first-order valence-corrected chi connectivity index (χ1v) is 9.95. The first kappa shape index (κ1) is 20.1. The summed E-state index contributed by atoms with van der Waals surface area (Å²) >= 11 is 6.29. The van der Waals surface area contributed by atoms with Gasteiger partial charge in [0, 0.05) is 38.0 Å². The molecule has 1 atom stereocenters. The van der Waals surface area contributed by atoms with E-state index >= 15 is 0 Å². The fraction of sp³-hybridized carbons (Fsp3) is 0.227. The number of anilines is 1. The molecule has 154 valence electrons. The molecule has 0 saturated carbocycles. The molecule has 1 aliphatic rings. The van der Waals surface area contributed by atoms with Crippen LogP contribution in [0, 0.1) is 5.82 Å². The van der Waals surface area contributed by atoms with Gasteiger partial charge in [-0.05, 0) is 42.3 Å². The highest BCUT2D eigenvalue weighted by molar-refractivity contribution is 6.34. The summed E-state index contributed by atoms with van der Waals surface area (Å²) < 4.78 is 15.2. The second kappa shape index (κ2) is 8.28. The largest absolute Gasteiger partial charge is 0.338 e. The predicted octanol–water partition coefficient (Wildman–Crippen LogP) is 3.86. The maximum atomic E-state index is 13.4. The zero-order chi connectivity index (χ0) is 21.3. The minimum absolute atomic E-state index is 0.00772. The van der Waals surface area contributed by atoms with Crippen LogP contribution in [0.25, 0.3) is 0 Å². The number of nitrogens with zero attached hydrogens (tertiary/aromatic N) is 3. The van der Waals surface area contributed by atoms with E-state index in [9.17, 15) is 14.0 Å². The van der Waals surface area contributed by atoms with Gasteiger partial charge in [0.05, 0.1) is 10.7 Å². The molecule has 1 aliphatic heterocycles. The molecule has 6 nitrogen and oxygen atoms in total. The fourth-order valence-electron chi connectivity index (χ4n) is 3.59. The number of benzene rings is 2. The molecule has 1 aromatic heterocycles. The second-order valence-electron chi connectivity index (χ2n) is 7.17. The lowest BCUT2D eigenvalue weighted by molar-refractivity contribution is -0.117. The summed E-state index contributed by atoms with van der Waals surface area (Å²) in [7, 11) is 1.82. The van der Waals surface area contributed by atoms with Crippen LogP contribution in [-0.2, 0) is 11.8 Å². The van der Waals surface area contributed by atoms with Crippen molar-refractivity contribution in [3.8, 4) is 0 Å². The normalized spacial score (nSPS) is 14.8. The molecule has 30 heavy (non-hydrogen) atoms. The fourth-order valence-corrected chi connectivity index (χ4v) is 3.81. The Hall–Kier alpha value is -3.19. The van der Waals surface area contributed by atoms with Crippen LogP contribution < -0.4 is 10.2 Å². The summed E-state index contributed by atoms with van der Waals surface area (Å²) in [6, 6.07) is 10.2. The van der Waals surface area contributed by atoms with Gasteiger partial charge in [0.25, 0.3) is 5.91 Å². The topological polar surface area (TPSA) is 67.2 Å². The Morgan fingerprint density at radius 3 is 2.63 bits per heavy atom. The first-order chi connectivity index (χ1) is 14.4. The molecule has 2 aromatic carbocycles. The lowest BCUT2D eigenvalue weighted by atomic mass is 10.0. The van der Waals surface area contributed by atoms with E-state index in [4.69, 9.17) is 11.6 Å². The molecule has 1 unspecified atom stereocenters. The van der Waals surface area contributed by atoms with Crippen molar-refractivity contribution in [3.63, 3.8) is 0 Å². The Morgan fingerprint density at radius 2 is 2.00 bits per heavy atom. The molecule has 2 amide bonds. The molecule has 0 radical (unpaired) electrons. The third-order valence-electron chi connectivity index (χ3n) is 5.17. The number of carbonyl (C=O) groups excluding carboxylic acids is 2. The number of aryl methyl sites for hydroxylation is 1. The molecule has 0 spiro atoms. The van der Waals surface area contributed by atoms with Crippen LogP contribution in [0.15, 0.2) is 54.9 Å². The minimum atomic E-state index is -0.578. The number of hydrogen-bond acceptors (Lipinski definition) is 3. The van der Waals surface area contributed by atoms with Gasteiger partial charge in [-0.2, -0.15) is 0 Å². The third kappa shape index (κ3) is 3.93. The maximum Gasteiger partial charge on any atom is 0.252 e. The van der Waals surface area contributed by atoms with Gasteiger partial charge < -0.3 is 14.8 Å². The van der Waals surface area contributed by atoms with Crippen molar-refractivity contribution >= 4 is 29.1 Å². The Kier molecular flexibility index (Phi) is 5.55. The summed E-state index contributed by atoms with van der Waals surface area (Å²) in [4.78, 5) is 31.2. The van der Waals surface area contributed by atoms with Gasteiger partial charge >= 0.3 is 0 Å². The zero-order valence-corrected chi connectivity index (χ0v) is 17.1. The van der Waals surface area contributed by atoms with E-state index in [1.807, 2.05) is 7.05 Å². The van der Waals surface area contributed by atoms with Gasteiger partial charge in [-0.1, -0.05) is 23.7 Å². The van der Waals surface area contributed by atoms with Crippen molar-refractivity contribution in [1.82, 2.24) is 14.9 Å². The number of amides is 2. The highest BCUT2D eigenvalue weighted by Gasteiger charge is 2.26. The Bertz CT molecular complexity index is 1100. The van der Waals surface area contributed by atoms with Gasteiger partial charge in [-0.15, -0.1) is 0 Å². The molecular weight excluding hydrogens is 407 g/mol. The summed E-state index contributed by atoms with van der Waals surface area (Å²) in [5.41, 5.74) is 1.60. The zero-order valence-electron chi connectivity index (χ0n) is 16.3. The van der Waals surface area contributed by atoms with Crippen molar-refractivity contribution in [3.05, 3.63) is 82.6 Å². The molecule has 0 bridgehead atoms. The molecule has 0 aliphatic carbocycles. The van der Waals surface area contributed by atoms with E-state index in [2.05, 4.69) is 10.3 Å². The number of aromatic nitrogens is 2. The second-order valence-corrected chi connectivity index (χ2v) is 7.58.